The van der Waals surface area contributed by atoms with Gasteiger partial charge in [0.25, 0.3) is 0 Å². The molecule has 0 radical (unpaired) electrons. The molecule has 0 amide bonds. The van der Waals surface area contributed by atoms with Crippen molar-refractivity contribution in [1.29, 1.82) is 0 Å². The van der Waals surface area contributed by atoms with Gasteiger partial charge in [0.05, 0.1) is 19.4 Å². The molecule has 0 aliphatic carbocycles. The first-order valence-corrected chi connectivity index (χ1v) is 5.85. The Kier molecular flexibility index (Phi) is 3.83. The molecule has 0 unspecified atom stereocenters. The van der Waals surface area contributed by atoms with Crippen molar-refractivity contribution in [2.75, 3.05) is 6.61 Å². The molecule has 2 rings (SSSR count). The predicted octanol–water partition coefficient (Wildman–Crippen LogP) is 3.19. The molecule has 0 bridgehead atoms. The van der Waals surface area contributed by atoms with Gasteiger partial charge in [-0.3, -0.25) is 0 Å². The summed E-state index contributed by atoms with van der Waals surface area (Å²) < 4.78 is 11.1. The average Bonchev–Trinajstić information content (AvgIpc) is 2.84. The van der Waals surface area contributed by atoms with E-state index in [1.54, 1.807) is 6.26 Å². The van der Waals surface area contributed by atoms with E-state index in [0.717, 1.165) is 29.1 Å². The number of nitrogens with two attached hydrogens (primary N) is 1. The zero-order chi connectivity index (χ0) is 12.1. The fourth-order valence-electron chi connectivity index (χ4n) is 1.77. The first-order chi connectivity index (χ1) is 8.36. The van der Waals surface area contributed by atoms with E-state index in [1.165, 1.54) is 0 Å². The van der Waals surface area contributed by atoms with Crippen molar-refractivity contribution >= 4 is 0 Å². The predicted molar refractivity (Wildman–Crippen MR) is 67.8 cm³/mol. The SMILES string of the molecule is CCCOc1ccccc1-c1ccoc1CN. The summed E-state index contributed by atoms with van der Waals surface area (Å²) in [4.78, 5) is 0. The lowest BCUT2D eigenvalue weighted by atomic mass is 10.1. The summed E-state index contributed by atoms with van der Waals surface area (Å²) in [6, 6.07) is 9.88. The monoisotopic (exact) mass is 231 g/mol. The van der Waals surface area contributed by atoms with Gasteiger partial charge in [-0.05, 0) is 18.6 Å². The molecule has 2 aromatic rings. The lowest BCUT2D eigenvalue weighted by Crippen LogP contribution is -1.99. The van der Waals surface area contributed by atoms with Crippen LogP contribution in [0.25, 0.3) is 11.1 Å². The van der Waals surface area contributed by atoms with Gasteiger partial charge in [0.2, 0.25) is 0 Å². The van der Waals surface area contributed by atoms with Gasteiger partial charge in [0.1, 0.15) is 11.5 Å². The molecule has 0 atom stereocenters. The second kappa shape index (κ2) is 5.55. The zero-order valence-electron chi connectivity index (χ0n) is 9.98. The van der Waals surface area contributed by atoms with E-state index < -0.39 is 0 Å². The fourth-order valence-corrected chi connectivity index (χ4v) is 1.77. The Bertz CT molecular complexity index is 477. The third-order valence-corrected chi connectivity index (χ3v) is 2.57. The molecule has 1 heterocycles. The Morgan fingerprint density at radius 1 is 1.18 bits per heavy atom. The molecule has 0 aliphatic heterocycles. The van der Waals surface area contributed by atoms with Crippen molar-refractivity contribution in [3.8, 4) is 16.9 Å². The maximum atomic E-state index is 5.73. The quantitative estimate of drug-likeness (QED) is 0.859. The van der Waals surface area contributed by atoms with Crippen LogP contribution < -0.4 is 10.5 Å². The van der Waals surface area contributed by atoms with Gasteiger partial charge >= 0.3 is 0 Å². The van der Waals surface area contributed by atoms with Crippen molar-refractivity contribution in [3.05, 3.63) is 42.4 Å². The smallest absolute Gasteiger partial charge is 0.127 e. The van der Waals surface area contributed by atoms with Gasteiger partial charge in [-0.1, -0.05) is 25.1 Å². The second-order valence-electron chi connectivity index (χ2n) is 3.81. The minimum Gasteiger partial charge on any atom is -0.493 e. The zero-order valence-corrected chi connectivity index (χ0v) is 9.98. The first-order valence-electron chi connectivity index (χ1n) is 5.85. The number of hydrogen-bond donors (Lipinski definition) is 1. The topological polar surface area (TPSA) is 48.4 Å². The van der Waals surface area contributed by atoms with Crippen molar-refractivity contribution in [1.82, 2.24) is 0 Å². The van der Waals surface area contributed by atoms with Crippen molar-refractivity contribution in [2.45, 2.75) is 19.9 Å². The molecule has 0 fully saturated rings. The van der Waals surface area contributed by atoms with Crippen LogP contribution in [-0.4, -0.2) is 6.61 Å². The highest BCUT2D eigenvalue weighted by molar-refractivity contribution is 5.71. The minimum atomic E-state index is 0.393. The van der Waals surface area contributed by atoms with Crippen LogP contribution in [0.1, 0.15) is 19.1 Å². The molecule has 0 saturated heterocycles. The molecule has 3 nitrogen and oxygen atoms in total. The molecule has 17 heavy (non-hydrogen) atoms. The van der Waals surface area contributed by atoms with Gasteiger partial charge in [-0.15, -0.1) is 0 Å². The van der Waals surface area contributed by atoms with Crippen LogP contribution in [0.5, 0.6) is 5.75 Å². The summed E-state index contributed by atoms with van der Waals surface area (Å²) >= 11 is 0. The van der Waals surface area contributed by atoms with Crippen LogP contribution in [0.3, 0.4) is 0 Å². The van der Waals surface area contributed by atoms with Gasteiger partial charge < -0.3 is 14.9 Å². The number of para-hydroxylation sites is 1. The van der Waals surface area contributed by atoms with Crippen LogP contribution in [0.15, 0.2) is 41.0 Å². The Morgan fingerprint density at radius 2 is 2.00 bits per heavy atom. The van der Waals surface area contributed by atoms with Crippen LogP contribution in [-0.2, 0) is 6.54 Å². The average molecular weight is 231 g/mol. The highest BCUT2D eigenvalue weighted by Crippen LogP contribution is 2.32. The van der Waals surface area contributed by atoms with E-state index in [0.29, 0.717) is 13.2 Å². The molecule has 2 N–H and O–H groups in total. The second-order valence-corrected chi connectivity index (χ2v) is 3.81. The summed E-state index contributed by atoms with van der Waals surface area (Å²) in [5.74, 6) is 1.67. The molecular weight excluding hydrogens is 214 g/mol. The Balaban J connectivity index is 2.37. The van der Waals surface area contributed by atoms with Crippen LogP contribution in [0, 0.1) is 0 Å². The Morgan fingerprint density at radius 3 is 2.76 bits per heavy atom. The third kappa shape index (κ3) is 2.50. The molecule has 3 heteroatoms. The van der Waals surface area contributed by atoms with Gasteiger partial charge in [0.15, 0.2) is 0 Å². The summed E-state index contributed by atoms with van der Waals surface area (Å²) in [7, 11) is 0. The number of rotatable bonds is 5. The van der Waals surface area contributed by atoms with Gasteiger partial charge in [-0.2, -0.15) is 0 Å². The lowest BCUT2D eigenvalue weighted by Gasteiger charge is -2.10. The molecule has 90 valence electrons. The Labute approximate surface area is 101 Å². The van der Waals surface area contributed by atoms with E-state index >= 15 is 0 Å². The summed E-state index contributed by atoms with van der Waals surface area (Å²) in [5, 5.41) is 0. The van der Waals surface area contributed by atoms with E-state index in [4.69, 9.17) is 14.9 Å². The summed E-state index contributed by atoms with van der Waals surface area (Å²) in [5.41, 5.74) is 7.70. The molecule has 0 saturated carbocycles. The fraction of sp³-hybridized carbons (Fsp3) is 0.286. The molecule has 1 aromatic heterocycles. The van der Waals surface area contributed by atoms with Crippen LogP contribution >= 0.6 is 0 Å². The molecule has 0 spiro atoms. The van der Waals surface area contributed by atoms with Crippen molar-refractivity contribution in [2.24, 2.45) is 5.73 Å². The highest BCUT2D eigenvalue weighted by atomic mass is 16.5. The van der Waals surface area contributed by atoms with Gasteiger partial charge in [0, 0.05) is 11.1 Å². The normalized spacial score (nSPS) is 10.5. The largest absolute Gasteiger partial charge is 0.493 e. The molecule has 1 aromatic carbocycles. The van der Waals surface area contributed by atoms with E-state index in [9.17, 15) is 0 Å². The summed E-state index contributed by atoms with van der Waals surface area (Å²) in [6.07, 6.45) is 2.65. The number of hydrogen-bond acceptors (Lipinski definition) is 3. The van der Waals surface area contributed by atoms with E-state index in [1.807, 2.05) is 30.3 Å². The maximum Gasteiger partial charge on any atom is 0.127 e. The Hall–Kier alpha value is -1.74. The highest BCUT2D eigenvalue weighted by Gasteiger charge is 2.11. The third-order valence-electron chi connectivity index (χ3n) is 2.57. The number of ether oxygens (including phenoxy) is 1. The first kappa shape index (κ1) is 11.7. The van der Waals surface area contributed by atoms with E-state index in [-0.39, 0.29) is 0 Å². The molecular formula is C14H17NO2. The van der Waals surface area contributed by atoms with Crippen molar-refractivity contribution < 1.29 is 9.15 Å². The van der Waals surface area contributed by atoms with Gasteiger partial charge in [-0.25, -0.2) is 0 Å². The molecule has 0 aliphatic rings. The van der Waals surface area contributed by atoms with E-state index in [2.05, 4.69) is 6.92 Å². The number of benzene rings is 1. The summed E-state index contributed by atoms with van der Waals surface area (Å²) in [6.45, 7) is 3.20. The van der Waals surface area contributed by atoms with Crippen LogP contribution in [0.2, 0.25) is 0 Å². The maximum absolute atomic E-state index is 5.73. The van der Waals surface area contributed by atoms with Crippen molar-refractivity contribution in [3.63, 3.8) is 0 Å². The number of furan rings is 1. The lowest BCUT2D eigenvalue weighted by molar-refractivity contribution is 0.318. The minimum absolute atomic E-state index is 0.393. The van der Waals surface area contributed by atoms with Crippen LogP contribution in [0.4, 0.5) is 0 Å². The standard InChI is InChI=1S/C14H17NO2/c1-2-8-16-13-6-4-3-5-11(13)12-7-9-17-14(12)10-15/h3-7,9H,2,8,10,15H2,1H3.